The maximum atomic E-state index is 11.7. The number of aliphatic carboxylic acids is 1. The zero-order valence-electron chi connectivity index (χ0n) is 10.1. The molecule has 0 saturated carbocycles. The van der Waals surface area contributed by atoms with Crippen molar-refractivity contribution in [3.8, 4) is 0 Å². The van der Waals surface area contributed by atoms with Crippen LogP contribution in [0.2, 0.25) is 0 Å². The molecule has 0 bridgehead atoms. The second-order valence-corrected chi connectivity index (χ2v) is 5.46. The molecule has 0 spiro atoms. The number of carboxylic acid groups (broad SMARTS) is 1. The van der Waals surface area contributed by atoms with Crippen LogP contribution in [0.1, 0.15) is 27.2 Å². The molecule has 1 amide bonds. The van der Waals surface area contributed by atoms with Gasteiger partial charge in [0.05, 0.1) is 0 Å². The fourth-order valence-corrected chi connectivity index (χ4v) is 2.19. The van der Waals surface area contributed by atoms with Gasteiger partial charge in [-0.3, -0.25) is 4.79 Å². The number of amides is 1. The number of carbonyl (C=O) groups excluding carboxylic acids is 1. The van der Waals surface area contributed by atoms with Crippen LogP contribution in [0, 0.1) is 11.3 Å². The highest BCUT2D eigenvalue weighted by molar-refractivity contribution is 5.85. The number of hydrogen-bond donors (Lipinski definition) is 2. The van der Waals surface area contributed by atoms with E-state index in [0.29, 0.717) is 19.5 Å². The Morgan fingerprint density at radius 3 is 2.50 bits per heavy atom. The van der Waals surface area contributed by atoms with Crippen LogP contribution in [-0.4, -0.2) is 41.0 Å². The molecule has 1 unspecified atom stereocenters. The van der Waals surface area contributed by atoms with Gasteiger partial charge in [-0.25, -0.2) is 4.79 Å². The molecule has 0 aliphatic carbocycles. The first kappa shape index (κ1) is 13.0. The van der Waals surface area contributed by atoms with Crippen LogP contribution in [0.3, 0.4) is 0 Å². The summed E-state index contributed by atoms with van der Waals surface area (Å²) in [5.41, 5.74) is 5.05. The van der Waals surface area contributed by atoms with Gasteiger partial charge in [-0.15, -0.1) is 0 Å². The second kappa shape index (κ2) is 4.41. The predicted octanol–water partition coefficient (Wildman–Crippen LogP) is 0.293. The third-order valence-electron chi connectivity index (χ3n) is 2.94. The Hall–Kier alpha value is -1.10. The number of carboxylic acids is 1. The zero-order chi connectivity index (χ0) is 12.5. The Bertz CT molecular complexity index is 296. The molecule has 5 heteroatoms. The number of nitrogens with two attached hydrogens (primary N) is 1. The maximum absolute atomic E-state index is 11.7. The monoisotopic (exact) mass is 228 g/mol. The van der Waals surface area contributed by atoms with Gasteiger partial charge in [0.2, 0.25) is 5.91 Å². The van der Waals surface area contributed by atoms with Gasteiger partial charge in [-0.2, -0.15) is 0 Å². The number of hydrogen-bond acceptors (Lipinski definition) is 3. The molecule has 0 aromatic heterocycles. The van der Waals surface area contributed by atoms with Crippen molar-refractivity contribution in [2.75, 3.05) is 13.1 Å². The summed E-state index contributed by atoms with van der Waals surface area (Å²) in [5, 5.41) is 9.22. The van der Waals surface area contributed by atoms with E-state index < -0.39 is 17.4 Å². The Balaban J connectivity index is 2.89. The largest absolute Gasteiger partial charge is 0.480 e. The average molecular weight is 228 g/mol. The summed E-state index contributed by atoms with van der Waals surface area (Å²) in [4.78, 5) is 24.4. The van der Waals surface area contributed by atoms with Gasteiger partial charge in [-0.05, 0) is 17.9 Å². The van der Waals surface area contributed by atoms with Crippen LogP contribution in [-0.2, 0) is 9.59 Å². The molecule has 2 atom stereocenters. The molecule has 16 heavy (non-hydrogen) atoms. The minimum atomic E-state index is -0.946. The van der Waals surface area contributed by atoms with E-state index in [1.807, 2.05) is 20.8 Å². The van der Waals surface area contributed by atoms with Gasteiger partial charge in [0.1, 0.15) is 6.04 Å². The molecule has 5 nitrogen and oxygen atoms in total. The lowest BCUT2D eigenvalue weighted by Gasteiger charge is -2.34. The van der Waals surface area contributed by atoms with E-state index in [1.54, 1.807) is 0 Å². The minimum Gasteiger partial charge on any atom is -0.480 e. The first-order valence-electron chi connectivity index (χ1n) is 5.49. The number of rotatable bonds is 3. The molecule has 1 aliphatic heterocycles. The summed E-state index contributed by atoms with van der Waals surface area (Å²) in [5.74, 6) is -0.951. The SMILES string of the molecule is CC(C)(C)[C@H](C(=O)O)N1CC(CN)CC1=O. The lowest BCUT2D eigenvalue weighted by Crippen LogP contribution is -2.50. The third kappa shape index (κ3) is 2.52. The second-order valence-electron chi connectivity index (χ2n) is 5.46. The van der Waals surface area contributed by atoms with Crippen molar-refractivity contribution in [2.24, 2.45) is 17.1 Å². The summed E-state index contributed by atoms with van der Waals surface area (Å²) in [6, 6.07) is -0.767. The van der Waals surface area contributed by atoms with Crippen LogP contribution in [0.4, 0.5) is 0 Å². The van der Waals surface area contributed by atoms with Crippen molar-refractivity contribution < 1.29 is 14.7 Å². The van der Waals surface area contributed by atoms with Gasteiger partial charge in [0.25, 0.3) is 0 Å². The Morgan fingerprint density at radius 2 is 2.19 bits per heavy atom. The molecule has 0 aromatic carbocycles. The summed E-state index contributed by atoms with van der Waals surface area (Å²) >= 11 is 0. The topological polar surface area (TPSA) is 83.6 Å². The van der Waals surface area contributed by atoms with E-state index in [1.165, 1.54) is 4.90 Å². The third-order valence-corrected chi connectivity index (χ3v) is 2.94. The minimum absolute atomic E-state index is 0.0942. The first-order chi connectivity index (χ1) is 7.27. The Morgan fingerprint density at radius 1 is 1.62 bits per heavy atom. The van der Waals surface area contributed by atoms with Crippen LogP contribution < -0.4 is 5.73 Å². The van der Waals surface area contributed by atoms with Crippen molar-refractivity contribution in [2.45, 2.75) is 33.2 Å². The zero-order valence-corrected chi connectivity index (χ0v) is 10.1. The highest BCUT2D eigenvalue weighted by atomic mass is 16.4. The Kier molecular flexibility index (Phi) is 3.57. The van der Waals surface area contributed by atoms with Crippen LogP contribution >= 0.6 is 0 Å². The lowest BCUT2D eigenvalue weighted by atomic mass is 9.85. The van der Waals surface area contributed by atoms with Crippen molar-refractivity contribution in [3.05, 3.63) is 0 Å². The summed E-state index contributed by atoms with van der Waals surface area (Å²) in [7, 11) is 0. The lowest BCUT2D eigenvalue weighted by molar-refractivity contribution is -0.153. The van der Waals surface area contributed by atoms with Crippen molar-refractivity contribution in [3.63, 3.8) is 0 Å². The predicted molar refractivity (Wildman–Crippen MR) is 59.8 cm³/mol. The number of nitrogens with zero attached hydrogens (tertiary/aromatic N) is 1. The molecule has 3 N–H and O–H groups in total. The molecule has 92 valence electrons. The van der Waals surface area contributed by atoms with Crippen molar-refractivity contribution in [1.29, 1.82) is 0 Å². The molecule has 1 saturated heterocycles. The quantitative estimate of drug-likeness (QED) is 0.727. The molecular weight excluding hydrogens is 208 g/mol. The fourth-order valence-electron chi connectivity index (χ4n) is 2.19. The van der Waals surface area contributed by atoms with Crippen LogP contribution in [0.25, 0.3) is 0 Å². The molecule has 1 aliphatic rings. The standard InChI is InChI=1S/C11H20N2O3/c1-11(2,3)9(10(15)16)13-6-7(5-12)4-8(13)14/h7,9H,4-6,12H2,1-3H3,(H,15,16)/t7?,9-/m0/s1. The van der Waals surface area contributed by atoms with E-state index in [9.17, 15) is 14.7 Å². The summed E-state index contributed by atoms with van der Waals surface area (Å²) < 4.78 is 0. The summed E-state index contributed by atoms with van der Waals surface area (Å²) in [6.45, 7) is 6.38. The van der Waals surface area contributed by atoms with Gasteiger partial charge in [-0.1, -0.05) is 20.8 Å². The maximum Gasteiger partial charge on any atom is 0.326 e. The van der Waals surface area contributed by atoms with E-state index in [-0.39, 0.29) is 11.8 Å². The molecule has 0 radical (unpaired) electrons. The van der Waals surface area contributed by atoms with Gasteiger partial charge < -0.3 is 15.7 Å². The summed E-state index contributed by atoms with van der Waals surface area (Å²) in [6.07, 6.45) is 0.371. The van der Waals surface area contributed by atoms with Gasteiger partial charge >= 0.3 is 5.97 Å². The first-order valence-corrected chi connectivity index (χ1v) is 5.49. The van der Waals surface area contributed by atoms with E-state index >= 15 is 0 Å². The van der Waals surface area contributed by atoms with Gasteiger partial charge in [0.15, 0.2) is 0 Å². The van der Waals surface area contributed by atoms with Crippen molar-refractivity contribution >= 4 is 11.9 Å². The average Bonchev–Trinajstić information content (AvgIpc) is 2.44. The van der Waals surface area contributed by atoms with Gasteiger partial charge in [0, 0.05) is 13.0 Å². The highest BCUT2D eigenvalue weighted by Gasteiger charge is 2.43. The number of likely N-dealkylation sites (tertiary alicyclic amines) is 1. The molecule has 1 heterocycles. The fraction of sp³-hybridized carbons (Fsp3) is 0.818. The van der Waals surface area contributed by atoms with Crippen molar-refractivity contribution in [1.82, 2.24) is 4.90 Å². The van der Waals surface area contributed by atoms with Crippen LogP contribution in [0.5, 0.6) is 0 Å². The molecule has 1 rings (SSSR count). The normalized spacial score (nSPS) is 23.6. The smallest absolute Gasteiger partial charge is 0.326 e. The van der Waals surface area contributed by atoms with E-state index in [4.69, 9.17) is 5.73 Å². The molecule has 0 aromatic rings. The molecular formula is C11H20N2O3. The number of carbonyl (C=O) groups is 2. The van der Waals surface area contributed by atoms with E-state index in [0.717, 1.165) is 0 Å². The Labute approximate surface area is 95.6 Å². The van der Waals surface area contributed by atoms with E-state index in [2.05, 4.69) is 0 Å². The highest BCUT2D eigenvalue weighted by Crippen LogP contribution is 2.29. The molecule has 1 fully saturated rings. The van der Waals surface area contributed by atoms with Crippen LogP contribution in [0.15, 0.2) is 0 Å².